The van der Waals surface area contributed by atoms with Gasteiger partial charge in [0, 0.05) is 112 Å². The van der Waals surface area contributed by atoms with Gasteiger partial charge < -0.3 is 62.5 Å². The molecule has 2 unspecified atom stereocenters. The summed E-state index contributed by atoms with van der Waals surface area (Å²) in [6.45, 7) is 23.4. The Morgan fingerprint density at radius 3 is 1.32 bits per heavy atom. The summed E-state index contributed by atoms with van der Waals surface area (Å²) >= 11 is 0. The van der Waals surface area contributed by atoms with Crippen LogP contribution in [0, 0.1) is 0 Å². The quantitative estimate of drug-likeness (QED) is 0.0186. The third-order valence-corrected chi connectivity index (χ3v) is 21.7. The molecule has 10 heterocycles. The summed E-state index contributed by atoms with van der Waals surface area (Å²) in [7, 11) is 0. The maximum atomic E-state index is 13.0. The number of benzene rings is 4. The van der Waals surface area contributed by atoms with Crippen LogP contribution >= 0.6 is 0 Å². The predicted molar refractivity (Wildman–Crippen MR) is 431 cm³/mol. The molecule has 16 rings (SSSR count). The number of amides is 8. The Morgan fingerprint density at radius 1 is 0.453 bits per heavy atom. The first-order valence-electron chi connectivity index (χ1n) is 40.5. The molecule has 6 fully saturated rings. The number of piperazine rings is 2. The van der Waals surface area contributed by atoms with Crippen molar-refractivity contribution in [2.24, 2.45) is 0 Å². The fraction of sp³-hybridized carbons (Fsp3) is 0.482. The van der Waals surface area contributed by atoms with Gasteiger partial charge in [-0.1, -0.05) is 6.92 Å². The lowest BCUT2D eigenvalue weighted by Gasteiger charge is -2.40. The molecule has 2 aliphatic carbocycles. The van der Waals surface area contributed by atoms with Crippen LogP contribution in [-0.2, 0) is 47.6 Å². The first-order chi connectivity index (χ1) is 56.8. The lowest BCUT2D eigenvalue weighted by Crippen LogP contribution is -2.54. The van der Waals surface area contributed by atoms with Crippen LogP contribution in [0.15, 0.2) is 109 Å². The number of carbonyl (C=O) groups excluding carboxylic acids is 8. The van der Waals surface area contributed by atoms with Crippen molar-refractivity contribution in [1.82, 2.24) is 61.0 Å². The zero-order chi connectivity index (χ0) is 81.6. The predicted octanol–water partition coefficient (Wildman–Crippen LogP) is 7.88. The minimum atomic E-state index is -1.01. The third-order valence-electron chi connectivity index (χ3n) is 21.7. The van der Waals surface area contributed by atoms with Crippen LogP contribution in [0.5, 0.6) is 23.0 Å². The van der Waals surface area contributed by atoms with E-state index >= 15 is 0 Å². The Labute approximate surface area is 677 Å². The minimum Gasteiger partial charge on any atom is -0.491 e. The van der Waals surface area contributed by atoms with E-state index in [9.17, 15) is 38.4 Å². The Bertz CT molecular complexity index is 4910. The van der Waals surface area contributed by atoms with Crippen molar-refractivity contribution in [2.75, 3.05) is 148 Å². The zero-order valence-electron chi connectivity index (χ0n) is 66.8. The number of rotatable bonds is 35. The van der Waals surface area contributed by atoms with Crippen LogP contribution in [0.4, 0.5) is 11.6 Å². The van der Waals surface area contributed by atoms with Crippen LogP contribution in [0.1, 0.15) is 134 Å². The second-order valence-electron chi connectivity index (χ2n) is 30.8. The highest BCUT2D eigenvalue weighted by Crippen LogP contribution is 2.43. The normalized spacial score (nSPS) is 20.0. The van der Waals surface area contributed by atoms with Gasteiger partial charge in [-0.05, 0) is 170 Å². The van der Waals surface area contributed by atoms with Crippen molar-refractivity contribution in [2.45, 2.75) is 128 Å². The van der Waals surface area contributed by atoms with E-state index in [1.54, 1.807) is 12.1 Å². The van der Waals surface area contributed by atoms with Gasteiger partial charge in [-0.25, -0.2) is 9.97 Å². The molecule has 620 valence electrons. The van der Waals surface area contributed by atoms with Crippen LogP contribution in [0.25, 0.3) is 44.3 Å². The highest BCUT2D eigenvalue weighted by Gasteiger charge is 2.47. The first-order valence-corrected chi connectivity index (χ1v) is 40.5. The lowest BCUT2D eigenvalue weighted by molar-refractivity contribution is -0.137. The van der Waals surface area contributed by atoms with E-state index in [1.807, 2.05) is 55.7 Å². The summed E-state index contributed by atoms with van der Waals surface area (Å²) < 4.78 is 57.0. The summed E-state index contributed by atoms with van der Waals surface area (Å²) in [6, 6.07) is 28.6. The van der Waals surface area contributed by atoms with E-state index in [-0.39, 0.29) is 72.4 Å². The number of fused-ring (bicyclic) bond motifs is 4. The molecule has 32 heteroatoms. The first kappa shape index (κ1) is 82.7. The molecule has 8 amide bonds. The van der Waals surface area contributed by atoms with Crippen LogP contribution < -0.4 is 44.7 Å². The number of aromatic amines is 2. The number of nitrogens with one attached hydrogen (secondary N) is 5. The summed E-state index contributed by atoms with van der Waals surface area (Å²) in [5, 5.41) is 25.5. The standard InChI is InChI=1S/C42H49N7O9.C22H28N2O8.C21H25N5O/c1-27-26-48(36-23-28(9-12-43-36)38-33-25-30(58-42(2)10-11-42)4-6-34(33)45-46-38)14-13-47(27)15-16-54-17-18-55-19-20-56-21-22-57-29-3-5-31-32(24-29)41(53)49(40(31)52)35-7-8-37(50)44-39(35)51;1-2-7-29-8-9-30-10-11-31-12-13-32-15-3-4-16-17(14-15)22(28)24(21(16)27)18-5-6-19(25)23-20(18)26;1-14-13-26(10-9-22-14)19-11-15(5-8-23-19)20-17-12-16(27-21(2)6-7-21)3-4-18(17)24-25-20/h3-6,9,12,23-25,27,35H,7-8,10-11,13-22,26H2,1-2H3,(H,45,46)(H,44,50,51);3-4,14,18H,2,5-13H2,1H3,(H,23,25,26);3-5,8,11-12,14,22H,6-7,9-10,13H2,1-2H3,(H,24,25)/t27-,35?;;14-/m0.0/s1. The number of carbonyl (C=O) groups is 8. The molecule has 8 aliphatic rings. The Kier molecular flexibility index (Phi) is 26.9. The van der Waals surface area contributed by atoms with Gasteiger partial charge >= 0.3 is 0 Å². The average molecular weight is 1610 g/mol. The molecular formula is C85H102N14O18. The highest BCUT2D eigenvalue weighted by molar-refractivity contribution is 6.24. The van der Waals surface area contributed by atoms with E-state index in [4.69, 9.17) is 52.4 Å². The molecule has 4 aromatic heterocycles. The van der Waals surface area contributed by atoms with Gasteiger partial charge in [0.2, 0.25) is 23.6 Å². The van der Waals surface area contributed by atoms with Crippen LogP contribution in [0.2, 0.25) is 0 Å². The fourth-order valence-electron chi connectivity index (χ4n) is 14.8. The second kappa shape index (κ2) is 38.1. The van der Waals surface area contributed by atoms with Crippen molar-refractivity contribution < 1.29 is 85.7 Å². The van der Waals surface area contributed by atoms with Gasteiger partial charge in [-0.3, -0.25) is 73.9 Å². The highest BCUT2D eigenvalue weighted by atomic mass is 16.6. The maximum Gasteiger partial charge on any atom is 0.262 e. The molecule has 8 aromatic rings. The number of hydrogen-bond donors (Lipinski definition) is 5. The minimum absolute atomic E-state index is 0.0143. The second-order valence-corrected chi connectivity index (χ2v) is 30.8. The number of imide groups is 4. The number of hydrogen-bond acceptors (Lipinski definition) is 26. The summed E-state index contributed by atoms with van der Waals surface area (Å²) in [4.78, 5) is 117. The number of anilines is 2. The van der Waals surface area contributed by atoms with Crippen molar-refractivity contribution in [1.29, 1.82) is 0 Å². The molecular weight excluding hydrogens is 1510 g/mol. The SMILES string of the molecule is CCCOCCOCCOCCOc1ccc2c(c1)C(=O)N(C1CCC(=O)NC1=O)C2=O.C[C@H]1CN(c2cc(-c3n[nH]c4ccc(OC5(C)CC5)cc34)ccn2)CCN1.C[C@H]1CN(c2cc(-c3n[nH]c4ccc(OC5(C)CC5)cc34)ccn2)CCN1CCOCCOCCOCCOc1ccc2c(c1)C(=O)N(C1CCC(=O)NC1=O)C2=O. The van der Waals surface area contributed by atoms with Crippen LogP contribution in [0.3, 0.4) is 0 Å². The monoisotopic (exact) mass is 1610 g/mol. The Morgan fingerprint density at radius 2 is 0.880 bits per heavy atom. The molecule has 5 N–H and O–H groups in total. The van der Waals surface area contributed by atoms with E-state index < -0.39 is 59.3 Å². The number of piperidine rings is 2. The van der Waals surface area contributed by atoms with Gasteiger partial charge in [0.15, 0.2) is 0 Å². The van der Waals surface area contributed by atoms with E-state index in [0.29, 0.717) is 96.3 Å². The number of ether oxygens (including phenoxy) is 10. The molecule has 0 bridgehead atoms. The third kappa shape index (κ3) is 20.8. The van der Waals surface area contributed by atoms with E-state index in [1.165, 1.54) is 24.3 Å². The van der Waals surface area contributed by atoms with E-state index in [2.05, 4.69) is 108 Å². The Balaban J connectivity index is 0.000000160. The smallest absolute Gasteiger partial charge is 0.262 e. The van der Waals surface area contributed by atoms with Crippen molar-refractivity contribution in [3.05, 3.63) is 132 Å². The average Bonchev–Trinajstić information content (AvgIpc) is 1.62. The van der Waals surface area contributed by atoms with Gasteiger partial charge in [0.25, 0.3) is 23.6 Å². The van der Waals surface area contributed by atoms with Crippen molar-refractivity contribution >= 4 is 80.7 Å². The molecule has 32 nitrogen and oxygen atoms in total. The van der Waals surface area contributed by atoms with E-state index in [0.717, 1.165) is 162 Å². The summed E-state index contributed by atoms with van der Waals surface area (Å²) in [5.74, 6) is 0.205. The molecule has 117 heavy (non-hydrogen) atoms. The van der Waals surface area contributed by atoms with Crippen molar-refractivity contribution in [3.8, 4) is 45.5 Å². The van der Waals surface area contributed by atoms with Gasteiger partial charge in [-0.15, -0.1) is 0 Å². The number of aromatic nitrogens is 6. The van der Waals surface area contributed by atoms with Gasteiger partial charge in [0.05, 0.1) is 106 Å². The number of nitrogens with zero attached hydrogens (tertiary/aromatic N) is 9. The van der Waals surface area contributed by atoms with Crippen molar-refractivity contribution in [3.63, 3.8) is 0 Å². The largest absolute Gasteiger partial charge is 0.491 e. The molecule has 2 saturated carbocycles. The Hall–Kier alpha value is -10.8. The molecule has 4 atom stereocenters. The maximum absolute atomic E-state index is 13.0. The fourth-order valence-corrected chi connectivity index (χ4v) is 14.8. The summed E-state index contributed by atoms with van der Waals surface area (Å²) in [5.41, 5.74) is 6.67. The molecule has 6 aliphatic heterocycles. The molecule has 4 aromatic carbocycles. The summed E-state index contributed by atoms with van der Waals surface area (Å²) in [6.07, 6.45) is 9.51. The van der Waals surface area contributed by atoms with Gasteiger partial charge in [-0.2, -0.15) is 10.2 Å². The lowest BCUT2D eigenvalue weighted by atomic mass is 10.0. The number of H-pyrrole nitrogens is 2. The number of pyridine rings is 2. The molecule has 4 saturated heterocycles. The zero-order valence-corrected chi connectivity index (χ0v) is 66.8. The van der Waals surface area contributed by atoms with Crippen LogP contribution in [-0.4, -0.2) is 266 Å². The van der Waals surface area contributed by atoms with Gasteiger partial charge in [0.1, 0.15) is 82.5 Å². The molecule has 0 spiro atoms. The topological polar surface area (TPSA) is 364 Å². The molecule has 0 radical (unpaired) electrons.